The molecular formula is C25H18Cl2N2O4. The Morgan fingerprint density at radius 3 is 2.67 bits per heavy atom. The maximum absolute atomic E-state index is 13.2. The Hall–Kier alpha value is -3.35. The molecule has 2 atom stereocenters. The Labute approximate surface area is 200 Å². The van der Waals surface area contributed by atoms with E-state index in [2.05, 4.69) is 4.98 Å². The maximum Gasteiger partial charge on any atom is 0.301 e. The van der Waals surface area contributed by atoms with Gasteiger partial charge in [0.15, 0.2) is 0 Å². The molecule has 1 N–H and O–H groups in total. The molecule has 1 aromatic heterocycles. The van der Waals surface area contributed by atoms with E-state index < -0.39 is 17.7 Å². The molecule has 3 heterocycles. The van der Waals surface area contributed by atoms with Crippen LogP contribution in [0.15, 0.2) is 66.4 Å². The van der Waals surface area contributed by atoms with Crippen molar-refractivity contribution in [3.63, 3.8) is 0 Å². The quantitative estimate of drug-likeness (QED) is 0.311. The first-order valence-electron chi connectivity index (χ1n) is 10.3. The molecule has 0 saturated carbocycles. The van der Waals surface area contributed by atoms with E-state index in [0.29, 0.717) is 22.6 Å². The van der Waals surface area contributed by atoms with Gasteiger partial charge in [0.1, 0.15) is 23.4 Å². The van der Waals surface area contributed by atoms with Crippen molar-refractivity contribution < 1.29 is 19.4 Å². The normalized spacial score (nSPS) is 21.2. The van der Waals surface area contributed by atoms with Crippen molar-refractivity contribution in [3.8, 4) is 5.75 Å². The van der Waals surface area contributed by atoms with E-state index in [9.17, 15) is 14.7 Å². The van der Waals surface area contributed by atoms with Crippen LogP contribution < -0.4 is 9.64 Å². The Balaban J connectivity index is 1.72. The summed E-state index contributed by atoms with van der Waals surface area (Å²) in [5.74, 6) is -0.898. The van der Waals surface area contributed by atoms with Crippen LogP contribution in [0.3, 0.4) is 0 Å². The molecular weight excluding hydrogens is 463 g/mol. The minimum atomic E-state index is -0.979. The lowest BCUT2D eigenvalue weighted by Crippen LogP contribution is -2.30. The van der Waals surface area contributed by atoms with Crippen LogP contribution in [-0.4, -0.2) is 27.9 Å². The zero-order chi connectivity index (χ0) is 23.3. The lowest BCUT2D eigenvalue weighted by Gasteiger charge is -2.25. The fourth-order valence-corrected chi connectivity index (χ4v) is 4.82. The van der Waals surface area contributed by atoms with Gasteiger partial charge in [-0.25, -0.2) is 4.98 Å². The highest BCUT2D eigenvalue weighted by Crippen LogP contribution is 2.44. The van der Waals surface area contributed by atoms with Crippen molar-refractivity contribution in [1.82, 2.24) is 4.98 Å². The summed E-state index contributed by atoms with van der Waals surface area (Å²) in [5, 5.41) is 12.0. The minimum absolute atomic E-state index is 0.0278. The Bertz CT molecular complexity index is 1320. The van der Waals surface area contributed by atoms with Crippen LogP contribution in [0.2, 0.25) is 10.0 Å². The van der Waals surface area contributed by atoms with Gasteiger partial charge in [-0.2, -0.15) is 0 Å². The molecule has 1 saturated heterocycles. The fourth-order valence-electron chi connectivity index (χ4n) is 4.31. The largest absolute Gasteiger partial charge is 0.507 e. The van der Waals surface area contributed by atoms with Gasteiger partial charge in [0.2, 0.25) is 0 Å². The van der Waals surface area contributed by atoms with E-state index in [1.165, 1.54) is 17.2 Å². The Morgan fingerprint density at radius 1 is 1.12 bits per heavy atom. The molecule has 0 radical (unpaired) electrons. The van der Waals surface area contributed by atoms with Crippen molar-refractivity contribution in [2.45, 2.75) is 25.5 Å². The molecule has 2 aromatic carbocycles. The number of carbonyl (C=O) groups is 2. The number of ether oxygens (including phenoxy) is 1. The molecule has 0 bridgehead atoms. The molecule has 3 aromatic rings. The number of pyridine rings is 1. The van der Waals surface area contributed by atoms with Gasteiger partial charge in [0.05, 0.1) is 11.6 Å². The molecule has 8 heteroatoms. The number of ketones is 1. The van der Waals surface area contributed by atoms with Gasteiger partial charge in [0, 0.05) is 28.2 Å². The third-order valence-corrected chi connectivity index (χ3v) is 6.33. The van der Waals surface area contributed by atoms with E-state index >= 15 is 0 Å². The number of amides is 1. The van der Waals surface area contributed by atoms with Gasteiger partial charge in [-0.3, -0.25) is 14.5 Å². The highest BCUT2D eigenvalue weighted by Gasteiger charge is 2.48. The van der Waals surface area contributed by atoms with E-state index in [1.54, 1.807) is 48.5 Å². The first-order valence-corrected chi connectivity index (χ1v) is 11.1. The lowest BCUT2D eigenvalue weighted by atomic mass is 9.94. The number of carbonyl (C=O) groups excluding carboxylic acids is 2. The van der Waals surface area contributed by atoms with Crippen molar-refractivity contribution >= 4 is 46.5 Å². The summed E-state index contributed by atoms with van der Waals surface area (Å²) in [4.78, 5) is 31.9. The van der Waals surface area contributed by atoms with Gasteiger partial charge >= 0.3 is 5.91 Å². The van der Waals surface area contributed by atoms with E-state index in [-0.39, 0.29) is 28.3 Å². The van der Waals surface area contributed by atoms with E-state index in [1.807, 2.05) is 6.92 Å². The molecule has 6 nitrogen and oxygen atoms in total. The average molecular weight is 481 g/mol. The second-order valence-electron chi connectivity index (χ2n) is 7.98. The van der Waals surface area contributed by atoms with Crippen LogP contribution in [0.1, 0.15) is 29.7 Å². The van der Waals surface area contributed by atoms with Crippen LogP contribution in [0.25, 0.3) is 5.76 Å². The molecule has 0 spiro atoms. The summed E-state index contributed by atoms with van der Waals surface area (Å²) in [6, 6.07) is 14.1. The number of benzene rings is 2. The van der Waals surface area contributed by atoms with Crippen molar-refractivity contribution in [2.75, 3.05) is 4.90 Å². The summed E-state index contributed by atoms with van der Waals surface area (Å²) >= 11 is 12.6. The Kier molecular flexibility index (Phi) is 5.35. The summed E-state index contributed by atoms with van der Waals surface area (Å²) in [7, 11) is 0. The Morgan fingerprint density at radius 2 is 1.94 bits per heavy atom. The SMILES string of the molecule is CC1Cc2cc(/C(O)=C3\C(=O)C(=O)N(c4ccccn4)C3c3ccc(Cl)cc3Cl)ccc2O1. The summed E-state index contributed by atoms with van der Waals surface area (Å²) in [6.07, 6.45) is 2.24. The third-order valence-electron chi connectivity index (χ3n) is 5.77. The highest BCUT2D eigenvalue weighted by atomic mass is 35.5. The zero-order valence-corrected chi connectivity index (χ0v) is 19.0. The molecule has 5 rings (SSSR count). The van der Waals surface area contributed by atoms with Gasteiger partial charge in [-0.05, 0) is 60.5 Å². The number of hydrogen-bond donors (Lipinski definition) is 1. The smallest absolute Gasteiger partial charge is 0.301 e. The molecule has 2 aliphatic heterocycles. The first kappa shape index (κ1) is 21.5. The standard InChI is InChI=1S/C25H18Cl2N2O4/c1-13-10-15-11-14(5-8-19(15)33-13)23(30)21-22(17-7-6-16(26)12-18(17)27)29(25(32)24(21)31)20-4-2-3-9-28-20/h2-9,11-13,22,30H,10H2,1H3/b23-21+. The maximum atomic E-state index is 13.2. The number of anilines is 1. The number of aliphatic hydroxyl groups excluding tert-OH is 1. The first-order chi connectivity index (χ1) is 15.8. The molecule has 166 valence electrons. The van der Waals surface area contributed by atoms with E-state index in [4.69, 9.17) is 27.9 Å². The molecule has 33 heavy (non-hydrogen) atoms. The molecule has 1 fully saturated rings. The molecule has 2 aliphatic rings. The number of Topliss-reactive ketones (excluding diaryl/α,β-unsaturated/α-hetero) is 1. The van der Waals surface area contributed by atoms with Crippen molar-refractivity contribution in [3.05, 3.63) is 93.1 Å². The monoisotopic (exact) mass is 480 g/mol. The van der Waals surface area contributed by atoms with Crippen molar-refractivity contribution in [1.29, 1.82) is 0 Å². The van der Waals surface area contributed by atoms with Gasteiger partial charge in [0.25, 0.3) is 5.78 Å². The zero-order valence-electron chi connectivity index (χ0n) is 17.5. The number of halogens is 2. The van der Waals surface area contributed by atoms with Crippen LogP contribution >= 0.6 is 23.2 Å². The van der Waals surface area contributed by atoms with Gasteiger partial charge < -0.3 is 9.84 Å². The predicted octanol–water partition coefficient (Wildman–Crippen LogP) is 5.34. The predicted molar refractivity (Wildman–Crippen MR) is 126 cm³/mol. The number of rotatable bonds is 3. The second kappa shape index (κ2) is 8.21. The van der Waals surface area contributed by atoms with E-state index in [0.717, 1.165) is 11.3 Å². The van der Waals surface area contributed by atoms with Crippen LogP contribution in [0.5, 0.6) is 5.75 Å². The van der Waals surface area contributed by atoms with Crippen LogP contribution in [0.4, 0.5) is 5.82 Å². The van der Waals surface area contributed by atoms with Crippen LogP contribution in [-0.2, 0) is 16.0 Å². The second-order valence-corrected chi connectivity index (χ2v) is 8.82. The topological polar surface area (TPSA) is 79.7 Å². The fraction of sp³-hybridized carbons (Fsp3) is 0.160. The number of hydrogen-bond acceptors (Lipinski definition) is 5. The summed E-state index contributed by atoms with van der Waals surface area (Å²) in [5.41, 5.74) is 1.72. The number of nitrogens with zero attached hydrogens (tertiary/aromatic N) is 2. The minimum Gasteiger partial charge on any atom is -0.507 e. The number of aromatic nitrogens is 1. The van der Waals surface area contributed by atoms with Crippen molar-refractivity contribution in [2.24, 2.45) is 0 Å². The lowest BCUT2D eigenvalue weighted by molar-refractivity contribution is -0.132. The average Bonchev–Trinajstić information content (AvgIpc) is 3.29. The van der Waals surface area contributed by atoms with Gasteiger partial charge in [-0.1, -0.05) is 35.3 Å². The molecule has 0 aliphatic carbocycles. The number of fused-ring (bicyclic) bond motifs is 1. The van der Waals surface area contributed by atoms with Gasteiger partial charge in [-0.15, -0.1) is 0 Å². The molecule has 1 amide bonds. The molecule has 2 unspecified atom stereocenters. The highest BCUT2D eigenvalue weighted by molar-refractivity contribution is 6.52. The summed E-state index contributed by atoms with van der Waals surface area (Å²) in [6.45, 7) is 1.96. The number of aliphatic hydroxyl groups is 1. The van der Waals surface area contributed by atoms with Crippen LogP contribution in [0, 0.1) is 0 Å². The summed E-state index contributed by atoms with van der Waals surface area (Å²) < 4.78 is 5.73. The third kappa shape index (κ3) is 3.65.